The Hall–Kier alpha value is -3.21. The van der Waals surface area contributed by atoms with Crippen molar-refractivity contribution < 1.29 is 27.5 Å². The molecule has 33 heavy (non-hydrogen) atoms. The zero-order valence-corrected chi connectivity index (χ0v) is 18.5. The van der Waals surface area contributed by atoms with E-state index in [1.54, 1.807) is 12.1 Å². The first-order chi connectivity index (χ1) is 15.7. The minimum absolute atomic E-state index is 0.116. The highest BCUT2D eigenvalue weighted by Gasteiger charge is 2.31. The van der Waals surface area contributed by atoms with E-state index >= 15 is 0 Å². The fourth-order valence-corrected chi connectivity index (χ4v) is 4.32. The van der Waals surface area contributed by atoms with Crippen molar-refractivity contribution in [1.29, 1.82) is 0 Å². The summed E-state index contributed by atoms with van der Waals surface area (Å²) >= 11 is 1.34. The lowest BCUT2D eigenvalue weighted by Crippen LogP contribution is -2.47. The summed E-state index contributed by atoms with van der Waals surface area (Å²) in [6.45, 7) is 4.21. The first-order valence-corrected chi connectivity index (χ1v) is 11.2. The van der Waals surface area contributed by atoms with Gasteiger partial charge in [0.25, 0.3) is 0 Å². The third-order valence-corrected chi connectivity index (χ3v) is 6.05. The monoisotopic (exact) mass is 478 g/mol. The minimum Gasteiger partial charge on any atom is -0.475 e. The number of benzene rings is 1. The second-order valence-corrected chi connectivity index (χ2v) is 8.47. The number of anilines is 2. The second-order valence-electron chi connectivity index (χ2n) is 7.53. The third-order valence-electron chi connectivity index (χ3n) is 5.18. The number of aryl methyl sites for hydroxylation is 1. The van der Waals surface area contributed by atoms with Crippen LogP contribution in [0.25, 0.3) is 0 Å². The molecule has 7 nitrogen and oxygen atoms in total. The SMILES string of the molecule is Cc1cc(N2CCN(c3cccc(C(F)(F)F)c3)CC2)nc(SCc2ccc(C(=O)O)o2)n1. The quantitative estimate of drug-likeness (QED) is 0.403. The highest BCUT2D eigenvalue weighted by atomic mass is 32.2. The number of carbonyl (C=O) groups is 1. The van der Waals surface area contributed by atoms with Gasteiger partial charge in [-0.3, -0.25) is 0 Å². The first kappa shape index (κ1) is 23.0. The molecule has 0 bridgehead atoms. The number of nitrogens with zero attached hydrogens (tertiary/aromatic N) is 4. The lowest BCUT2D eigenvalue weighted by Gasteiger charge is -2.37. The number of piperazine rings is 1. The van der Waals surface area contributed by atoms with Crippen molar-refractivity contribution in [2.75, 3.05) is 36.0 Å². The normalized spacial score (nSPS) is 14.5. The molecule has 0 aliphatic carbocycles. The average Bonchev–Trinajstić information content (AvgIpc) is 3.27. The summed E-state index contributed by atoms with van der Waals surface area (Å²) in [5.41, 5.74) is 0.690. The van der Waals surface area contributed by atoms with E-state index in [-0.39, 0.29) is 5.76 Å². The minimum atomic E-state index is -4.37. The summed E-state index contributed by atoms with van der Waals surface area (Å²) in [6, 6.07) is 10.3. The van der Waals surface area contributed by atoms with E-state index in [9.17, 15) is 18.0 Å². The molecule has 3 aromatic rings. The highest BCUT2D eigenvalue weighted by molar-refractivity contribution is 7.98. The summed E-state index contributed by atoms with van der Waals surface area (Å²) in [5, 5.41) is 9.50. The van der Waals surface area contributed by atoms with Crippen LogP contribution in [0.3, 0.4) is 0 Å². The Morgan fingerprint density at radius 3 is 2.48 bits per heavy atom. The maximum absolute atomic E-state index is 13.0. The Kier molecular flexibility index (Phi) is 6.50. The Morgan fingerprint density at radius 2 is 1.82 bits per heavy atom. The van der Waals surface area contributed by atoms with E-state index in [4.69, 9.17) is 9.52 Å². The largest absolute Gasteiger partial charge is 0.475 e. The van der Waals surface area contributed by atoms with Gasteiger partial charge < -0.3 is 19.3 Å². The summed E-state index contributed by atoms with van der Waals surface area (Å²) in [7, 11) is 0. The van der Waals surface area contributed by atoms with Crippen LogP contribution in [0.2, 0.25) is 0 Å². The number of hydrogen-bond acceptors (Lipinski definition) is 7. The van der Waals surface area contributed by atoms with E-state index in [0.717, 1.165) is 17.6 Å². The van der Waals surface area contributed by atoms with Gasteiger partial charge in [0.05, 0.1) is 11.3 Å². The Labute approximate surface area is 192 Å². The van der Waals surface area contributed by atoms with Crippen LogP contribution >= 0.6 is 11.8 Å². The van der Waals surface area contributed by atoms with Gasteiger partial charge in [0.2, 0.25) is 5.76 Å². The van der Waals surface area contributed by atoms with E-state index in [1.165, 1.54) is 30.0 Å². The number of aromatic nitrogens is 2. The lowest BCUT2D eigenvalue weighted by molar-refractivity contribution is -0.137. The highest BCUT2D eigenvalue weighted by Crippen LogP contribution is 2.32. The fourth-order valence-electron chi connectivity index (χ4n) is 3.53. The van der Waals surface area contributed by atoms with Gasteiger partial charge in [0.15, 0.2) is 5.16 Å². The van der Waals surface area contributed by atoms with Crippen molar-refractivity contribution in [3.8, 4) is 0 Å². The number of alkyl halides is 3. The van der Waals surface area contributed by atoms with Crippen LogP contribution in [0, 0.1) is 6.92 Å². The molecular weight excluding hydrogens is 457 g/mol. The van der Waals surface area contributed by atoms with Gasteiger partial charge in [-0.15, -0.1) is 0 Å². The molecule has 1 saturated heterocycles. The topological polar surface area (TPSA) is 82.7 Å². The number of rotatable bonds is 6. The molecule has 0 unspecified atom stereocenters. The molecule has 0 amide bonds. The van der Waals surface area contributed by atoms with E-state index in [2.05, 4.69) is 14.9 Å². The van der Waals surface area contributed by atoms with Crippen molar-refractivity contribution >= 4 is 29.2 Å². The van der Waals surface area contributed by atoms with Gasteiger partial charge in [0.1, 0.15) is 11.6 Å². The molecule has 3 heterocycles. The number of aromatic carboxylic acids is 1. The van der Waals surface area contributed by atoms with Gasteiger partial charge in [0, 0.05) is 43.6 Å². The molecule has 0 saturated carbocycles. The van der Waals surface area contributed by atoms with E-state index in [1.807, 2.05) is 17.9 Å². The van der Waals surface area contributed by atoms with Crippen LogP contribution in [0.15, 0.2) is 52.0 Å². The van der Waals surface area contributed by atoms with Crippen molar-refractivity contribution in [3.63, 3.8) is 0 Å². The standard InChI is InChI=1S/C22H21F3N4O3S/c1-14-11-19(27-21(26-14)33-13-17-5-6-18(32-17)20(30)31)29-9-7-28(8-10-29)16-4-2-3-15(12-16)22(23,24)25/h2-6,11-12H,7-10,13H2,1H3,(H,30,31). The fraction of sp³-hybridized carbons (Fsp3) is 0.318. The Bertz CT molecular complexity index is 1140. The number of thioether (sulfide) groups is 1. The summed E-state index contributed by atoms with van der Waals surface area (Å²) in [4.78, 5) is 24.0. The number of furan rings is 1. The molecule has 11 heteroatoms. The molecule has 1 fully saturated rings. The molecule has 1 aliphatic heterocycles. The summed E-state index contributed by atoms with van der Waals surface area (Å²) in [5.74, 6) is 0.414. The molecule has 0 atom stereocenters. The predicted molar refractivity (Wildman–Crippen MR) is 118 cm³/mol. The average molecular weight is 478 g/mol. The molecule has 2 aromatic heterocycles. The first-order valence-electron chi connectivity index (χ1n) is 10.2. The van der Waals surface area contributed by atoms with E-state index in [0.29, 0.717) is 48.5 Å². The Balaban J connectivity index is 1.40. The van der Waals surface area contributed by atoms with Crippen molar-refractivity contribution in [3.05, 3.63) is 65.2 Å². The zero-order chi connectivity index (χ0) is 23.6. The molecule has 1 aromatic carbocycles. The Morgan fingerprint density at radius 1 is 1.09 bits per heavy atom. The molecule has 1 N–H and O–H groups in total. The van der Waals surface area contributed by atoms with Crippen molar-refractivity contribution in [2.45, 2.75) is 24.0 Å². The van der Waals surface area contributed by atoms with Crippen LogP contribution < -0.4 is 9.80 Å². The molecule has 0 radical (unpaired) electrons. The second kappa shape index (κ2) is 9.34. The lowest BCUT2D eigenvalue weighted by atomic mass is 10.1. The number of hydrogen-bond donors (Lipinski definition) is 1. The molecule has 0 spiro atoms. The number of carboxylic acid groups (broad SMARTS) is 1. The van der Waals surface area contributed by atoms with Crippen LogP contribution in [0.5, 0.6) is 0 Å². The van der Waals surface area contributed by atoms with Crippen LogP contribution in [-0.4, -0.2) is 47.2 Å². The zero-order valence-electron chi connectivity index (χ0n) is 17.7. The van der Waals surface area contributed by atoms with Gasteiger partial charge in [-0.05, 0) is 37.3 Å². The molecular formula is C22H21F3N4O3S. The van der Waals surface area contributed by atoms with Crippen LogP contribution in [0.4, 0.5) is 24.7 Å². The predicted octanol–water partition coefficient (Wildman–Crippen LogP) is 4.71. The maximum atomic E-state index is 13.0. The smallest absolute Gasteiger partial charge is 0.416 e. The maximum Gasteiger partial charge on any atom is 0.416 e. The third kappa shape index (κ3) is 5.59. The molecule has 174 valence electrons. The van der Waals surface area contributed by atoms with Crippen molar-refractivity contribution in [1.82, 2.24) is 9.97 Å². The van der Waals surface area contributed by atoms with Gasteiger partial charge >= 0.3 is 12.1 Å². The van der Waals surface area contributed by atoms with Crippen molar-refractivity contribution in [2.24, 2.45) is 0 Å². The van der Waals surface area contributed by atoms with Gasteiger partial charge in [-0.1, -0.05) is 17.8 Å². The van der Waals surface area contributed by atoms with Crippen LogP contribution in [-0.2, 0) is 11.9 Å². The van der Waals surface area contributed by atoms with E-state index < -0.39 is 17.7 Å². The number of carboxylic acids is 1. The molecule has 1 aliphatic rings. The van der Waals surface area contributed by atoms with Gasteiger partial charge in [-0.25, -0.2) is 14.8 Å². The summed E-state index contributed by atoms with van der Waals surface area (Å²) < 4.78 is 44.3. The molecule has 4 rings (SSSR count). The van der Waals surface area contributed by atoms with Crippen LogP contribution in [0.1, 0.15) is 27.6 Å². The number of halogens is 3. The summed E-state index contributed by atoms with van der Waals surface area (Å²) in [6.07, 6.45) is -4.37. The van der Waals surface area contributed by atoms with Gasteiger partial charge in [-0.2, -0.15) is 13.2 Å².